The predicted octanol–water partition coefficient (Wildman–Crippen LogP) is 2.16. The fraction of sp³-hybridized carbons (Fsp3) is 0.588. The van der Waals surface area contributed by atoms with Crippen LogP contribution in [0.1, 0.15) is 30.9 Å². The summed E-state index contributed by atoms with van der Waals surface area (Å²) in [4.78, 5) is 14.6. The lowest BCUT2D eigenvalue weighted by atomic mass is 9.93. The van der Waals surface area contributed by atoms with Crippen LogP contribution < -0.4 is 9.47 Å². The van der Waals surface area contributed by atoms with Crippen LogP contribution in [0.25, 0.3) is 0 Å². The number of nitrogens with zero attached hydrogens (tertiary/aromatic N) is 1. The highest BCUT2D eigenvalue weighted by Gasteiger charge is 2.34. The van der Waals surface area contributed by atoms with E-state index < -0.39 is 0 Å². The summed E-state index contributed by atoms with van der Waals surface area (Å²) in [5.74, 6) is 1.57. The molecule has 2 aliphatic heterocycles. The van der Waals surface area contributed by atoms with Gasteiger partial charge >= 0.3 is 0 Å². The van der Waals surface area contributed by atoms with Gasteiger partial charge in [0.25, 0.3) is 5.91 Å². The fourth-order valence-corrected chi connectivity index (χ4v) is 3.32. The summed E-state index contributed by atoms with van der Waals surface area (Å²) in [7, 11) is 3.27. The van der Waals surface area contributed by atoms with Gasteiger partial charge < -0.3 is 19.1 Å². The lowest BCUT2D eigenvalue weighted by Gasteiger charge is -2.36. The molecule has 0 saturated carbocycles. The smallest absolute Gasteiger partial charge is 0.252 e. The second-order valence-electron chi connectivity index (χ2n) is 6.00. The molecule has 1 amide bonds. The van der Waals surface area contributed by atoms with Gasteiger partial charge in [0, 0.05) is 19.2 Å². The van der Waals surface area contributed by atoms with Crippen molar-refractivity contribution in [3.8, 4) is 11.5 Å². The molecule has 0 radical (unpaired) electrons. The summed E-state index contributed by atoms with van der Waals surface area (Å²) in [5, 5.41) is 0. The molecule has 0 N–H and O–H groups in total. The second kappa shape index (κ2) is 6.16. The van der Waals surface area contributed by atoms with Crippen molar-refractivity contribution in [2.75, 3.05) is 20.8 Å². The highest BCUT2D eigenvalue weighted by Crippen LogP contribution is 2.35. The molecule has 0 spiro atoms. The molecule has 1 saturated heterocycles. The van der Waals surface area contributed by atoms with Crippen molar-refractivity contribution in [2.24, 2.45) is 0 Å². The first kappa shape index (κ1) is 15.2. The maximum absolute atomic E-state index is 12.6. The van der Waals surface area contributed by atoms with E-state index in [-0.39, 0.29) is 18.1 Å². The van der Waals surface area contributed by atoms with Crippen LogP contribution in [0, 0.1) is 0 Å². The van der Waals surface area contributed by atoms with Gasteiger partial charge in [0.2, 0.25) is 0 Å². The monoisotopic (exact) mass is 305 g/mol. The van der Waals surface area contributed by atoms with Crippen LogP contribution in [0.2, 0.25) is 0 Å². The molecular weight excluding hydrogens is 282 g/mol. The van der Waals surface area contributed by atoms with Gasteiger partial charge in [-0.2, -0.15) is 0 Å². The van der Waals surface area contributed by atoms with Gasteiger partial charge in [0.15, 0.2) is 11.5 Å². The van der Waals surface area contributed by atoms with Gasteiger partial charge in [-0.1, -0.05) is 0 Å². The van der Waals surface area contributed by atoms with Crippen LogP contribution in [-0.2, 0) is 22.5 Å². The molecule has 2 aliphatic rings. The molecule has 1 aromatic rings. The van der Waals surface area contributed by atoms with E-state index in [0.29, 0.717) is 18.9 Å². The zero-order valence-electron chi connectivity index (χ0n) is 13.4. The first-order valence-corrected chi connectivity index (χ1v) is 7.80. The van der Waals surface area contributed by atoms with Crippen LogP contribution in [0.3, 0.4) is 0 Å². The van der Waals surface area contributed by atoms with Crippen molar-refractivity contribution >= 4 is 5.91 Å². The van der Waals surface area contributed by atoms with Gasteiger partial charge in [-0.05, 0) is 49.4 Å². The van der Waals surface area contributed by atoms with Gasteiger partial charge in [-0.3, -0.25) is 4.79 Å². The van der Waals surface area contributed by atoms with Gasteiger partial charge in [0.1, 0.15) is 6.10 Å². The molecule has 22 heavy (non-hydrogen) atoms. The van der Waals surface area contributed by atoms with E-state index in [1.807, 2.05) is 17.0 Å². The molecule has 2 heterocycles. The molecule has 0 bridgehead atoms. The number of fused-ring (bicyclic) bond motifs is 1. The molecule has 0 aliphatic carbocycles. The molecule has 120 valence electrons. The number of hydrogen-bond acceptors (Lipinski definition) is 4. The van der Waals surface area contributed by atoms with Gasteiger partial charge in [0.05, 0.1) is 14.2 Å². The summed E-state index contributed by atoms with van der Waals surface area (Å²) < 4.78 is 16.3. The zero-order valence-corrected chi connectivity index (χ0v) is 13.4. The van der Waals surface area contributed by atoms with E-state index in [4.69, 9.17) is 14.2 Å². The molecule has 0 aromatic heterocycles. The number of benzene rings is 1. The van der Waals surface area contributed by atoms with Crippen LogP contribution in [-0.4, -0.2) is 43.8 Å². The van der Waals surface area contributed by atoms with Crippen molar-refractivity contribution in [3.05, 3.63) is 23.3 Å². The molecule has 5 heteroatoms. The van der Waals surface area contributed by atoms with E-state index in [1.165, 1.54) is 5.56 Å². The van der Waals surface area contributed by atoms with Crippen molar-refractivity contribution in [2.45, 2.75) is 44.9 Å². The minimum Gasteiger partial charge on any atom is -0.493 e. The average Bonchev–Trinajstić information content (AvgIpc) is 3.06. The molecular formula is C17H23NO4. The topological polar surface area (TPSA) is 48.0 Å². The number of carbonyl (C=O) groups excluding carboxylic acids is 1. The molecule has 2 unspecified atom stereocenters. The number of methoxy groups -OCH3 is 2. The SMILES string of the molecule is COc1cc2c(cc1OC)CN(C(=O)C1CCCO1)C(C)C2. The van der Waals surface area contributed by atoms with E-state index >= 15 is 0 Å². The fourth-order valence-electron chi connectivity index (χ4n) is 3.32. The Morgan fingerprint density at radius 1 is 1.23 bits per heavy atom. The zero-order chi connectivity index (χ0) is 15.7. The lowest BCUT2D eigenvalue weighted by molar-refractivity contribution is -0.144. The Hall–Kier alpha value is -1.75. The van der Waals surface area contributed by atoms with Crippen molar-refractivity contribution in [3.63, 3.8) is 0 Å². The highest BCUT2D eigenvalue weighted by atomic mass is 16.5. The van der Waals surface area contributed by atoms with E-state index in [9.17, 15) is 4.79 Å². The third-order valence-corrected chi connectivity index (χ3v) is 4.58. The summed E-state index contributed by atoms with van der Waals surface area (Å²) in [6.07, 6.45) is 2.37. The number of hydrogen-bond donors (Lipinski definition) is 0. The molecule has 1 fully saturated rings. The Kier molecular flexibility index (Phi) is 4.25. The Morgan fingerprint density at radius 2 is 1.91 bits per heavy atom. The highest BCUT2D eigenvalue weighted by molar-refractivity contribution is 5.81. The minimum atomic E-state index is -0.260. The summed E-state index contributed by atoms with van der Waals surface area (Å²) in [5.41, 5.74) is 2.35. The van der Waals surface area contributed by atoms with Gasteiger partial charge in [-0.25, -0.2) is 0 Å². The normalized spacial score (nSPS) is 24.0. The summed E-state index contributed by atoms with van der Waals surface area (Å²) in [6, 6.07) is 4.18. The molecule has 3 rings (SSSR count). The first-order chi connectivity index (χ1) is 10.6. The Labute approximate surface area is 131 Å². The third-order valence-electron chi connectivity index (χ3n) is 4.58. The number of amides is 1. The second-order valence-corrected chi connectivity index (χ2v) is 6.00. The molecule has 2 atom stereocenters. The van der Waals surface area contributed by atoms with E-state index in [0.717, 1.165) is 30.6 Å². The number of ether oxygens (including phenoxy) is 3. The molecule has 1 aromatic carbocycles. The number of carbonyl (C=O) groups is 1. The Bertz CT molecular complexity index is 566. The Balaban J connectivity index is 1.86. The summed E-state index contributed by atoms with van der Waals surface area (Å²) in [6.45, 7) is 3.39. The van der Waals surface area contributed by atoms with Crippen LogP contribution in [0.4, 0.5) is 0 Å². The standard InChI is InChI=1S/C17H23NO4/c1-11-7-12-8-15(20-2)16(21-3)9-13(12)10-18(11)17(19)14-5-4-6-22-14/h8-9,11,14H,4-7,10H2,1-3H3. The first-order valence-electron chi connectivity index (χ1n) is 7.80. The van der Waals surface area contributed by atoms with Crippen molar-refractivity contribution in [1.29, 1.82) is 0 Å². The van der Waals surface area contributed by atoms with E-state index in [2.05, 4.69) is 6.92 Å². The largest absolute Gasteiger partial charge is 0.493 e. The quantitative estimate of drug-likeness (QED) is 0.858. The predicted molar refractivity (Wildman–Crippen MR) is 82.2 cm³/mol. The Morgan fingerprint density at radius 3 is 2.50 bits per heavy atom. The van der Waals surface area contributed by atoms with Crippen LogP contribution in [0.5, 0.6) is 11.5 Å². The van der Waals surface area contributed by atoms with Crippen LogP contribution in [0.15, 0.2) is 12.1 Å². The third kappa shape index (κ3) is 2.65. The average molecular weight is 305 g/mol. The maximum atomic E-state index is 12.6. The van der Waals surface area contributed by atoms with Gasteiger partial charge in [-0.15, -0.1) is 0 Å². The molecule has 5 nitrogen and oxygen atoms in total. The van der Waals surface area contributed by atoms with Crippen LogP contribution >= 0.6 is 0 Å². The lowest BCUT2D eigenvalue weighted by Crippen LogP contribution is -2.47. The van der Waals surface area contributed by atoms with Crippen molar-refractivity contribution in [1.82, 2.24) is 4.90 Å². The summed E-state index contributed by atoms with van der Waals surface area (Å²) >= 11 is 0. The minimum absolute atomic E-state index is 0.116. The maximum Gasteiger partial charge on any atom is 0.252 e. The van der Waals surface area contributed by atoms with E-state index in [1.54, 1.807) is 14.2 Å². The van der Waals surface area contributed by atoms with Crippen molar-refractivity contribution < 1.29 is 19.0 Å². The number of rotatable bonds is 3.